The monoisotopic (exact) mass is 372 g/mol. The summed E-state index contributed by atoms with van der Waals surface area (Å²) in [5.74, 6) is 0. The lowest BCUT2D eigenvalue weighted by molar-refractivity contribution is 0.252. The van der Waals surface area contributed by atoms with Crippen LogP contribution in [0.5, 0.6) is 0 Å². The molecule has 0 saturated heterocycles. The number of halogens is 1. The van der Waals surface area contributed by atoms with Gasteiger partial charge in [-0.3, -0.25) is 0 Å². The number of fused-ring (bicyclic) bond motifs is 1. The van der Waals surface area contributed by atoms with Gasteiger partial charge in [0.05, 0.1) is 0 Å². The molecule has 6 heteroatoms. The smallest absolute Gasteiger partial charge is 0.331 e. The van der Waals surface area contributed by atoms with Gasteiger partial charge in [0.1, 0.15) is 6.34 Å². The summed E-state index contributed by atoms with van der Waals surface area (Å²) in [6.07, 6.45) is 3.82. The highest BCUT2D eigenvalue weighted by atomic mass is 79.9. The zero-order valence-corrected chi connectivity index (χ0v) is 14.1. The number of nitrogens with zero attached hydrogens (tertiary/aromatic N) is 2. The lowest BCUT2D eigenvalue weighted by Gasteiger charge is -2.27. The molecule has 0 fully saturated rings. The SMILES string of the molecule is O=C(N/N=C/N1CCCc2ccccc21)Nc1cccc(Br)c1. The third-order valence-electron chi connectivity index (χ3n) is 3.59. The predicted molar refractivity (Wildman–Crippen MR) is 96.9 cm³/mol. The van der Waals surface area contributed by atoms with E-state index in [2.05, 4.69) is 48.8 Å². The van der Waals surface area contributed by atoms with Crippen molar-refractivity contribution >= 4 is 39.7 Å². The fourth-order valence-electron chi connectivity index (χ4n) is 2.57. The molecule has 0 aliphatic carbocycles. The van der Waals surface area contributed by atoms with Crippen molar-refractivity contribution in [3.8, 4) is 0 Å². The maximum atomic E-state index is 11.8. The molecule has 3 rings (SSSR count). The molecule has 1 heterocycles. The van der Waals surface area contributed by atoms with E-state index in [0.717, 1.165) is 29.5 Å². The van der Waals surface area contributed by atoms with Crippen molar-refractivity contribution in [1.29, 1.82) is 0 Å². The number of urea groups is 1. The lowest BCUT2D eigenvalue weighted by atomic mass is 10.0. The first-order valence-electron chi connectivity index (χ1n) is 7.43. The number of rotatable bonds is 3. The van der Waals surface area contributed by atoms with Crippen molar-refractivity contribution < 1.29 is 4.79 Å². The van der Waals surface area contributed by atoms with E-state index in [4.69, 9.17) is 0 Å². The molecule has 0 radical (unpaired) electrons. The first-order valence-corrected chi connectivity index (χ1v) is 8.22. The van der Waals surface area contributed by atoms with Crippen LogP contribution in [0.15, 0.2) is 58.1 Å². The van der Waals surface area contributed by atoms with Crippen molar-refractivity contribution in [2.75, 3.05) is 16.8 Å². The van der Waals surface area contributed by atoms with Crippen molar-refractivity contribution in [1.82, 2.24) is 5.43 Å². The number of benzene rings is 2. The Hall–Kier alpha value is -2.34. The van der Waals surface area contributed by atoms with Gasteiger partial charge in [-0.15, -0.1) is 0 Å². The molecule has 5 nitrogen and oxygen atoms in total. The van der Waals surface area contributed by atoms with E-state index in [-0.39, 0.29) is 6.03 Å². The molecular formula is C17H17BrN4O. The number of para-hydroxylation sites is 1. The van der Waals surface area contributed by atoms with Crippen molar-refractivity contribution in [3.63, 3.8) is 0 Å². The maximum absolute atomic E-state index is 11.8. The van der Waals surface area contributed by atoms with Crippen LogP contribution in [-0.2, 0) is 6.42 Å². The Kier molecular flexibility index (Phi) is 4.92. The maximum Gasteiger partial charge on any atom is 0.339 e. The molecule has 0 atom stereocenters. The highest BCUT2D eigenvalue weighted by Crippen LogP contribution is 2.25. The third kappa shape index (κ3) is 4.10. The molecule has 1 aliphatic heterocycles. The molecule has 0 spiro atoms. The number of nitrogens with one attached hydrogen (secondary N) is 2. The summed E-state index contributed by atoms with van der Waals surface area (Å²) >= 11 is 3.36. The molecule has 2 aromatic rings. The molecule has 0 unspecified atom stereocenters. The van der Waals surface area contributed by atoms with E-state index >= 15 is 0 Å². The fourth-order valence-corrected chi connectivity index (χ4v) is 2.96. The first-order chi connectivity index (χ1) is 11.2. The van der Waals surface area contributed by atoms with Crippen LogP contribution in [0, 0.1) is 0 Å². The number of hydrogen-bond acceptors (Lipinski definition) is 2. The second-order valence-corrected chi connectivity index (χ2v) is 6.16. The van der Waals surface area contributed by atoms with Gasteiger partial charge in [0.25, 0.3) is 0 Å². The van der Waals surface area contributed by atoms with Gasteiger partial charge < -0.3 is 10.2 Å². The van der Waals surface area contributed by atoms with Gasteiger partial charge in [-0.1, -0.05) is 40.2 Å². The minimum absolute atomic E-state index is 0.371. The van der Waals surface area contributed by atoms with Gasteiger partial charge in [-0.25, -0.2) is 10.2 Å². The van der Waals surface area contributed by atoms with E-state index in [9.17, 15) is 4.79 Å². The van der Waals surface area contributed by atoms with Crippen LogP contribution in [0.1, 0.15) is 12.0 Å². The average Bonchev–Trinajstić information content (AvgIpc) is 2.55. The molecule has 0 saturated carbocycles. The van der Waals surface area contributed by atoms with Crippen LogP contribution in [0.3, 0.4) is 0 Å². The lowest BCUT2D eigenvalue weighted by Crippen LogP contribution is -2.30. The summed E-state index contributed by atoms with van der Waals surface area (Å²) in [4.78, 5) is 13.9. The Bertz CT molecular complexity index is 732. The fraction of sp³-hybridized carbons (Fsp3) is 0.176. The Morgan fingerprint density at radius 3 is 2.96 bits per heavy atom. The van der Waals surface area contributed by atoms with Crippen LogP contribution in [-0.4, -0.2) is 18.9 Å². The zero-order valence-electron chi connectivity index (χ0n) is 12.5. The number of aryl methyl sites for hydroxylation is 1. The number of carbonyl (C=O) groups is 1. The highest BCUT2D eigenvalue weighted by molar-refractivity contribution is 9.10. The second-order valence-electron chi connectivity index (χ2n) is 5.25. The van der Waals surface area contributed by atoms with Crippen LogP contribution in [0.4, 0.5) is 16.2 Å². The van der Waals surface area contributed by atoms with Crippen molar-refractivity contribution in [2.24, 2.45) is 5.10 Å². The summed E-state index contributed by atoms with van der Waals surface area (Å²) in [5, 5.41) is 6.77. The largest absolute Gasteiger partial charge is 0.339 e. The number of carbonyl (C=O) groups excluding carboxylic acids is 1. The van der Waals surface area contributed by atoms with Crippen LogP contribution in [0.25, 0.3) is 0 Å². The van der Waals surface area contributed by atoms with Crippen LogP contribution in [0.2, 0.25) is 0 Å². The molecule has 2 N–H and O–H groups in total. The van der Waals surface area contributed by atoms with Gasteiger partial charge in [-0.05, 0) is 42.7 Å². The first kappa shape index (κ1) is 15.6. The van der Waals surface area contributed by atoms with Gasteiger partial charge in [0, 0.05) is 22.4 Å². The minimum atomic E-state index is -0.371. The zero-order chi connectivity index (χ0) is 16.1. The molecule has 1 aliphatic rings. The van der Waals surface area contributed by atoms with E-state index in [1.165, 1.54) is 5.56 Å². The summed E-state index contributed by atoms with van der Waals surface area (Å²) in [5.41, 5.74) is 5.65. The van der Waals surface area contributed by atoms with Gasteiger partial charge in [0.15, 0.2) is 0 Å². The third-order valence-corrected chi connectivity index (χ3v) is 4.09. The van der Waals surface area contributed by atoms with Crippen LogP contribution < -0.4 is 15.6 Å². The molecule has 23 heavy (non-hydrogen) atoms. The Morgan fingerprint density at radius 1 is 1.22 bits per heavy atom. The van der Waals surface area contributed by atoms with Gasteiger partial charge in [-0.2, -0.15) is 5.10 Å². The van der Waals surface area contributed by atoms with Crippen molar-refractivity contribution in [2.45, 2.75) is 12.8 Å². The molecule has 0 bridgehead atoms. The van der Waals surface area contributed by atoms with Gasteiger partial charge >= 0.3 is 6.03 Å². The molecule has 2 amide bonds. The Morgan fingerprint density at radius 2 is 2.09 bits per heavy atom. The summed E-state index contributed by atoms with van der Waals surface area (Å²) in [6.45, 7) is 0.898. The van der Waals surface area contributed by atoms with E-state index in [1.54, 1.807) is 6.34 Å². The van der Waals surface area contributed by atoms with Crippen LogP contribution >= 0.6 is 15.9 Å². The molecule has 118 valence electrons. The summed E-state index contributed by atoms with van der Waals surface area (Å²) in [7, 11) is 0. The second kappa shape index (κ2) is 7.28. The normalized spacial score (nSPS) is 13.7. The standard InChI is InChI=1S/C17H17BrN4O/c18-14-7-3-8-15(11-14)20-17(23)21-19-12-22-10-4-6-13-5-1-2-9-16(13)22/h1-3,5,7-9,11-12H,4,6,10H2,(H2,20,21,23)/b19-12+. The highest BCUT2D eigenvalue weighted by Gasteiger charge is 2.14. The molecular weight excluding hydrogens is 356 g/mol. The number of hydrazone groups is 1. The predicted octanol–water partition coefficient (Wildman–Crippen LogP) is 3.97. The van der Waals surface area contributed by atoms with Gasteiger partial charge in [0.2, 0.25) is 0 Å². The van der Waals surface area contributed by atoms with Crippen molar-refractivity contribution in [3.05, 3.63) is 58.6 Å². The summed E-state index contributed by atoms with van der Waals surface area (Å²) < 4.78 is 0.906. The number of hydrogen-bond donors (Lipinski definition) is 2. The molecule has 0 aromatic heterocycles. The van der Waals surface area contributed by atoms with E-state index in [1.807, 2.05) is 36.4 Å². The number of amides is 2. The quantitative estimate of drug-likeness (QED) is 0.486. The number of anilines is 2. The Balaban J connectivity index is 1.58. The molecule has 2 aromatic carbocycles. The Labute approximate surface area is 143 Å². The van der Waals surface area contributed by atoms with E-state index in [0.29, 0.717) is 5.69 Å². The average molecular weight is 373 g/mol. The summed E-state index contributed by atoms with van der Waals surface area (Å²) in [6, 6.07) is 15.3. The van der Waals surface area contributed by atoms with E-state index < -0.39 is 0 Å². The topological polar surface area (TPSA) is 56.7 Å². The minimum Gasteiger partial charge on any atom is -0.331 e.